The van der Waals surface area contributed by atoms with Crippen LogP contribution in [0, 0.1) is 0 Å². The Morgan fingerprint density at radius 3 is 2.38 bits per heavy atom. The molecule has 0 spiro atoms. The van der Waals surface area contributed by atoms with Crippen molar-refractivity contribution in [3.63, 3.8) is 0 Å². The normalized spacial score (nSPS) is 10.2. The van der Waals surface area contributed by atoms with Crippen molar-refractivity contribution in [2.24, 2.45) is 5.73 Å². The lowest BCUT2D eigenvalue weighted by atomic mass is 10.0. The van der Waals surface area contributed by atoms with Crippen LogP contribution >= 0.6 is 11.6 Å². The third-order valence-electron chi connectivity index (χ3n) is 3.03. The first-order chi connectivity index (χ1) is 10.0. The molecule has 0 radical (unpaired) electrons. The highest BCUT2D eigenvalue weighted by molar-refractivity contribution is 6.35. The molecule has 0 saturated carbocycles. The molecule has 5 heteroatoms. The summed E-state index contributed by atoms with van der Waals surface area (Å²) < 4.78 is 5.24. The fourth-order valence-electron chi connectivity index (χ4n) is 1.97. The van der Waals surface area contributed by atoms with E-state index in [4.69, 9.17) is 22.1 Å². The van der Waals surface area contributed by atoms with Gasteiger partial charge in [-0.25, -0.2) is 4.79 Å². The largest absolute Gasteiger partial charge is 0.421 e. The van der Waals surface area contributed by atoms with Crippen LogP contribution in [0.1, 0.15) is 33.2 Å². The van der Waals surface area contributed by atoms with Crippen molar-refractivity contribution in [2.45, 2.75) is 13.3 Å². The zero-order chi connectivity index (χ0) is 15.4. The average molecular weight is 304 g/mol. The third kappa shape index (κ3) is 3.23. The fourth-order valence-corrected chi connectivity index (χ4v) is 2.29. The number of esters is 1. The van der Waals surface area contributed by atoms with Crippen molar-refractivity contribution in [1.29, 1.82) is 0 Å². The molecule has 0 atom stereocenters. The summed E-state index contributed by atoms with van der Waals surface area (Å²) in [7, 11) is 0. The van der Waals surface area contributed by atoms with Gasteiger partial charge in [0.2, 0.25) is 0 Å². The van der Waals surface area contributed by atoms with Crippen LogP contribution in [0.4, 0.5) is 0 Å². The van der Waals surface area contributed by atoms with Crippen LogP contribution in [-0.4, -0.2) is 11.9 Å². The summed E-state index contributed by atoms with van der Waals surface area (Å²) in [6.07, 6.45) is 0.602. The number of primary amides is 1. The number of benzene rings is 2. The summed E-state index contributed by atoms with van der Waals surface area (Å²) in [4.78, 5) is 23.5. The lowest BCUT2D eigenvalue weighted by Gasteiger charge is -2.11. The van der Waals surface area contributed by atoms with E-state index in [0.29, 0.717) is 17.5 Å². The molecule has 1 amide bonds. The molecule has 108 valence electrons. The highest BCUT2D eigenvalue weighted by Crippen LogP contribution is 2.31. The van der Waals surface area contributed by atoms with Crippen molar-refractivity contribution >= 4 is 23.5 Å². The van der Waals surface area contributed by atoms with E-state index >= 15 is 0 Å². The number of nitrogens with two attached hydrogens (primary N) is 1. The van der Waals surface area contributed by atoms with Crippen LogP contribution in [-0.2, 0) is 6.42 Å². The molecule has 2 aromatic rings. The monoisotopic (exact) mass is 303 g/mol. The van der Waals surface area contributed by atoms with Gasteiger partial charge in [-0.05, 0) is 30.2 Å². The van der Waals surface area contributed by atoms with Crippen molar-refractivity contribution in [2.75, 3.05) is 0 Å². The van der Waals surface area contributed by atoms with Gasteiger partial charge in [0.15, 0.2) is 5.75 Å². The van der Waals surface area contributed by atoms with Gasteiger partial charge >= 0.3 is 5.97 Å². The number of ether oxygens (including phenoxy) is 1. The zero-order valence-electron chi connectivity index (χ0n) is 11.4. The summed E-state index contributed by atoms with van der Waals surface area (Å²) in [5.41, 5.74) is 6.64. The summed E-state index contributed by atoms with van der Waals surface area (Å²) in [5.74, 6) is -1.07. The summed E-state index contributed by atoms with van der Waals surface area (Å²) in [6, 6.07) is 11.8. The molecule has 0 aliphatic carbocycles. The second kappa shape index (κ2) is 6.41. The van der Waals surface area contributed by atoms with Crippen LogP contribution in [0.3, 0.4) is 0 Å². The first-order valence-corrected chi connectivity index (χ1v) is 6.80. The van der Waals surface area contributed by atoms with Gasteiger partial charge in [-0.15, -0.1) is 0 Å². The molecule has 21 heavy (non-hydrogen) atoms. The van der Waals surface area contributed by atoms with Gasteiger partial charge < -0.3 is 10.5 Å². The van der Waals surface area contributed by atoms with E-state index in [2.05, 4.69) is 0 Å². The summed E-state index contributed by atoms with van der Waals surface area (Å²) in [5, 5.41) is 0.0612. The van der Waals surface area contributed by atoms with E-state index < -0.39 is 11.9 Å². The quantitative estimate of drug-likeness (QED) is 0.696. The predicted octanol–water partition coefficient (Wildman–Crippen LogP) is 3.22. The van der Waals surface area contributed by atoms with Crippen molar-refractivity contribution in [3.8, 4) is 5.75 Å². The van der Waals surface area contributed by atoms with Gasteiger partial charge in [-0.3, -0.25) is 4.79 Å². The summed E-state index contributed by atoms with van der Waals surface area (Å²) >= 11 is 6.14. The number of hydrogen-bond acceptors (Lipinski definition) is 3. The molecule has 0 aliphatic rings. The van der Waals surface area contributed by atoms with Crippen LogP contribution in [0.2, 0.25) is 5.02 Å². The van der Waals surface area contributed by atoms with Crippen LogP contribution < -0.4 is 10.5 Å². The number of carbonyl (C=O) groups is 2. The molecule has 0 bridgehead atoms. The maximum Gasteiger partial charge on any atom is 0.343 e. The lowest BCUT2D eigenvalue weighted by molar-refractivity contribution is 0.0733. The second-order valence-electron chi connectivity index (χ2n) is 4.39. The molecule has 0 aromatic heterocycles. The zero-order valence-corrected chi connectivity index (χ0v) is 12.2. The van der Waals surface area contributed by atoms with Gasteiger partial charge in [-0.2, -0.15) is 0 Å². The Morgan fingerprint density at radius 1 is 1.14 bits per heavy atom. The highest BCUT2D eigenvalue weighted by Gasteiger charge is 2.18. The molecule has 0 fully saturated rings. The van der Waals surface area contributed by atoms with E-state index in [1.165, 1.54) is 0 Å². The van der Waals surface area contributed by atoms with E-state index in [-0.39, 0.29) is 16.3 Å². The molecule has 0 heterocycles. The maximum absolute atomic E-state index is 12.0. The SMILES string of the molecule is CCc1ccc(OC(=O)c2ccccc2)c(Cl)c1C(N)=O. The minimum absolute atomic E-state index is 0.0612. The minimum Gasteiger partial charge on any atom is -0.421 e. The molecule has 0 unspecified atom stereocenters. The van der Waals surface area contributed by atoms with Crippen molar-refractivity contribution in [3.05, 3.63) is 64.2 Å². The Hall–Kier alpha value is -2.33. The third-order valence-corrected chi connectivity index (χ3v) is 3.41. The number of hydrogen-bond donors (Lipinski definition) is 1. The van der Waals surface area contributed by atoms with Gasteiger partial charge in [0.25, 0.3) is 5.91 Å². The van der Waals surface area contributed by atoms with E-state index in [9.17, 15) is 9.59 Å². The fraction of sp³-hybridized carbons (Fsp3) is 0.125. The van der Waals surface area contributed by atoms with Gasteiger partial charge in [0.1, 0.15) is 0 Å². The molecule has 2 N–H and O–H groups in total. The Bertz CT molecular complexity index is 683. The Labute approximate surface area is 127 Å². The molecule has 0 aliphatic heterocycles. The summed E-state index contributed by atoms with van der Waals surface area (Å²) in [6.45, 7) is 1.88. The van der Waals surface area contributed by atoms with Crippen LogP contribution in [0.15, 0.2) is 42.5 Å². The Balaban J connectivity index is 2.35. The second-order valence-corrected chi connectivity index (χ2v) is 4.76. The minimum atomic E-state index is -0.644. The van der Waals surface area contributed by atoms with Crippen molar-refractivity contribution < 1.29 is 14.3 Å². The van der Waals surface area contributed by atoms with E-state index in [1.807, 2.05) is 6.92 Å². The average Bonchev–Trinajstić information content (AvgIpc) is 2.49. The first-order valence-electron chi connectivity index (χ1n) is 6.43. The van der Waals surface area contributed by atoms with Gasteiger partial charge in [0, 0.05) is 0 Å². The molecule has 0 saturated heterocycles. The molecular weight excluding hydrogens is 290 g/mol. The number of carbonyl (C=O) groups excluding carboxylic acids is 2. The standard InChI is InChI=1S/C16H14ClNO3/c1-2-10-8-9-12(14(17)13(10)15(18)19)21-16(20)11-6-4-3-5-7-11/h3-9H,2H2,1H3,(H2,18,19). The van der Waals surface area contributed by atoms with Gasteiger partial charge in [0.05, 0.1) is 16.1 Å². The van der Waals surface area contributed by atoms with E-state index in [1.54, 1.807) is 42.5 Å². The molecule has 4 nitrogen and oxygen atoms in total. The highest BCUT2D eigenvalue weighted by atomic mass is 35.5. The predicted molar refractivity (Wildman–Crippen MR) is 80.7 cm³/mol. The van der Waals surface area contributed by atoms with Gasteiger partial charge in [-0.1, -0.05) is 42.8 Å². The van der Waals surface area contributed by atoms with E-state index in [0.717, 1.165) is 0 Å². The number of aryl methyl sites for hydroxylation is 1. The van der Waals surface area contributed by atoms with Crippen molar-refractivity contribution in [1.82, 2.24) is 0 Å². The molecule has 2 rings (SSSR count). The Kier molecular flexibility index (Phi) is 4.60. The Morgan fingerprint density at radius 2 is 1.81 bits per heavy atom. The molecular formula is C16H14ClNO3. The number of rotatable bonds is 4. The number of halogens is 1. The first kappa shape index (κ1) is 15.1. The maximum atomic E-state index is 12.0. The van der Waals surface area contributed by atoms with Crippen LogP contribution in [0.25, 0.3) is 0 Å². The smallest absolute Gasteiger partial charge is 0.343 e. The van der Waals surface area contributed by atoms with Crippen LogP contribution in [0.5, 0.6) is 5.75 Å². The number of amides is 1. The molecule has 2 aromatic carbocycles. The lowest BCUT2D eigenvalue weighted by Crippen LogP contribution is -2.16. The topological polar surface area (TPSA) is 69.4 Å².